The van der Waals surface area contributed by atoms with E-state index in [1.165, 1.54) is 4.63 Å². The topological polar surface area (TPSA) is 85.2 Å². The molecule has 0 amide bonds. The Morgan fingerprint density at radius 2 is 2.33 bits per heavy atom. The highest BCUT2D eigenvalue weighted by Gasteiger charge is 2.06. The van der Waals surface area contributed by atoms with Crippen molar-refractivity contribution < 1.29 is 0 Å². The summed E-state index contributed by atoms with van der Waals surface area (Å²) in [5, 5.41) is 15.3. The minimum Gasteiger partial charge on any atom is -0.357 e. The molecular weight excluding hydrogens is 194 g/mol. The van der Waals surface area contributed by atoms with Crippen molar-refractivity contribution in [2.75, 3.05) is 18.5 Å². The van der Waals surface area contributed by atoms with Crippen molar-refractivity contribution in [2.24, 2.45) is 5.73 Å². The van der Waals surface area contributed by atoms with Gasteiger partial charge in [-0.2, -0.15) is 0 Å². The van der Waals surface area contributed by atoms with Gasteiger partial charge in [0.25, 0.3) is 0 Å². The third-order valence-corrected chi connectivity index (χ3v) is 2.01. The van der Waals surface area contributed by atoms with Gasteiger partial charge < -0.3 is 10.6 Å². The first-order chi connectivity index (χ1) is 7.16. The summed E-state index contributed by atoms with van der Waals surface area (Å²) in [6.07, 6.45) is 0. The zero-order valence-electron chi connectivity index (χ0n) is 8.70. The molecule has 0 aliphatic rings. The van der Waals surface area contributed by atoms with Crippen LogP contribution in [0.2, 0.25) is 0 Å². The third-order valence-electron chi connectivity index (χ3n) is 2.01. The smallest absolute Gasteiger partial charge is 0.200 e. The van der Waals surface area contributed by atoms with Gasteiger partial charge in [-0.3, -0.25) is 0 Å². The van der Waals surface area contributed by atoms with Crippen LogP contribution in [0.3, 0.4) is 0 Å². The van der Waals surface area contributed by atoms with Gasteiger partial charge in [-0.25, -0.2) is 0 Å². The largest absolute Gasteiger partial charge is 0.357 e. The summed E-state index contributed by atoms with van der Waals surface area (Å²) in [5.74, 6) is 0.798. The highest BCUT2D eigenvalue weighted by Crippen LogP contribution is 2.08. The maximum Gasteiger partial charge on any atom is 0.200 e. The van der Waals surface area contributed by atoms with E-state index < -0.39 is 0 Å². The Kier molecular flexibility index (Phi) is 2.46. The van der Waals surface area contributed by atoms with E-state index >= 15 is 0 Å². The third kappa shape index (κ3) is 2.01. The van der Waals surface area contributed by atoms with Crippen molar-refractivity contribution in [3.63, 3.8) is 0 Å². The first-order valence-electron chi connectivity index (χ1n) is 4.69. The van der Waals surface area contributed by atoms with Crippen molar-refractivity contribution in [1.29, 1.82) is 0 Å². The van der Waals surface area contributed by atoms with E-state index in [1.54, 1.807) is 0 Å². The average Bonchev–Trinajstić information content (AvgIpc) is 2.62. The molecule has 0 aliphatic heterocycles. The lowest BCUT2D eigenvalue weighted by Crippen LogP contribution is -2.33. The minimum atomic E-state index is 0.0985. The highest BCUT2D eigenvalue weighted by molar-refractivity contribution is 5.43. The zero-order chi connectivity index (χ0) is 10.8. The molecule has 0 saturated carbocycles. The van der Waals surface area contributed by atoms with Crippen molar-refractivity contribution in [3.05, 3.63) is 12.1 Å². The van der Waals surface area contributed by atoms with Gasteiger partial charge in [-0.15, -0.1) is 14.8 Å². The molecule has 7 heteroatoms. The Morgan fingerprint density at radius 1 is 1.53 bits per heavy atom. The highest BCUT2D eigenvalue weighted by atomic mass is 15.6. The first kappa shape index (κ1) is 9.78. The molecule has 0 bridgehead atoms. The number of hydrogen-bond acceptors (Lipinski definition) is 6. The Balaban J connectivity index is 2.27. The van der Waals surface area contributed by atoms with E-state index in [0.29, 0.717) is 5.65 Å². The lowest BCUT2D eigenvalue weighted by molar-refractivity contribution is 0.685. The van der Waals surface area contributed by atoms with Crippen LogP contribution in [0.1, 0.15) is 6.92 Å². The fourth-order valence-corrected chi connectivity index (χ4v) is 1.37. The molecule has 15 heavy (non-hydrogen) atoms. The molecule has 1 atom stereocenters. The van der Waals surface area contributed by atoms with Crippen LogP contribution in [0.5, 0.6) is 0 Å². The van der Waals surface area contributed by atoms with Crippen LogP contribution in [0, 0.1) is 0 Å². The first-order valence-corrected chi connectivity index (χ1v) is 4.69. The van der Waals surface area contributed by atoms with Crippen LogP contribution in [0.25, 0.3) is 5.65 Å². The Bertz CT molecular complexity index is 449. The minimum absolute atomic E-state index is 0.0985. The van der Waals surface area contributed by atoms with Crippen molar-refractivity contribution in [1.82, 2.24) is 25.3 Å². The fourth-order valence-electron chi connectivity index (χ4n) is 1.37. The van der Waals surface area contributed by atoms with Gasteiger partial charge in [-0.05, 0) is 29.5 Å². The molecule has 0 aliphatic carbocycles. The van der Waals surface area contributed by atoms with Gasteiger partial charge in [-0.1, -0.05) is 0 Å². The summed E-state index contributed by atoms with van der Waals surface area (Å²) in [6.45, 7) is 2.69. The van der Waals surface area contributed by atoms with E-state index in [-0.39, 0.29) is 6.04 Å². The van der Waals surface area contributed by atoms with Crippen LogP contribution in [-0.4, -0.2) is 44.9 Å². The predicted molar refractivity (Wildman–Crippen MR) is 55.5 cm³/mol. The monoisotopic (exact) mass is 207 g/mol. The predicted octanol–water partition coefficient (Wildman–Crippen LogP) is -0.697. The van der Waals surface area contributed by atoms with Gasteiger partial charge in [0.05, 0.1) is 0 Å². The van der Waals surface area contributed by atoms with Crippen molar-refractivity contribution in [2.45, 2.75) is 13.0 Å². The summed E-state index contributed by atoms with van der Waals surface area (Å²) in [5.41, 5.74) is 6.34. The van der Waals surface area contributed by atoms with E-state index in [4.69, 9.17) is 5.73 Å². The standard InChI is InChI=1S/C8H13N7/c1-6(9)5-14(2)8-4-3-7-10-12-13-15(7)11-8/h3-4,6H,5,9H2,1-2H3. The van der Waals surface area contributed by atoms with E-state index in [2.05, 4.69) is 20.6 Å². The van der Waals surface area contributed by atoms with Crippen LogP contribution in [-0.2, 0) is 0 Å². The molecule has 2 rings (SSSR count). The van der Waals surface area contributed by atoms with Gasteiger partial charge in [0.2, 0.25) is 0 Å². The number of hydrogen-bond donors (Lipinski definition) is 1. The molecule has 7 nitrogen and oxygen atoms in total. The molecule has 2 N–H and O–H groups in total. The molecule has 2 heterocycles. The van der Waals surface area contributed by atoms with Gasteiger partial charge >= 0.3 is 0 Å². The number of likely N-dealkylation sites (N-methyl/N-ethyl adjacent to an activating group) is 1. The molecule has 2 aromatic heterocycles. The number of rotatable bonds is 3. The molecule has 0 spiro atoms. The lowest BCUT2D eigenvalue weighted by atomic mass is 10.3. The van der Waals surface area contributed by atoms with Crippen LogP contribution < -0.4 is 10.6 Å². The van der Waals surface area contributed by atoms with Gasteiger partial charge in [0.1, 0.15) is 0 Å². The molecule has 2 aromatic rings. The Morgan fingerprint density at radius 3 is 3.07 bits per heavy atom. The van der Waals surface area contributed by atoms with Gasteiger partial charge in [0.15, 0.2) is 11.5 Å². The van der Waals surface area contributed by atoms with Crippen LogP contribution in [0.4, 0.5) is 5.82 Å². The molecular formula is C8H13N7. The number of fused-ring (bicyclic) bond motifs is 1. The van der Waals surface area contributed by atoms with Crippen molar-refractivity contribution >= 4 is 11.5 Å². The molecule has 0 fully saturated rings. The molecule has 80 valence electrons. The quantitative estimate of drug-likeness (QED) is 0.716. The molecule has 0 aromatic carbocycles. The maximum absolute atomic E-state index is 5.71. The summed E-state index contributed by atoms with van der Waals surface area (Å²) in [6, 6.07) is 3.79. The summed E-state index contributed by atoms with van der Waals surface area (Å²) in [4.78, 5) is 1.96. The zero-order valence-corrected chi connectivity index (χ0v) is 8.70. The number of nitrogens with two attached hydrogens (primary N) is 1. The second-order valence-electron chi connectivity index (χ2n) is 3.58. The van der Waals surface area contributed by atoms with E-state index in [0.717, 1.165) is 12.4 Å². The number of anilines is 1. The normalized spacial score (nSPS) is 13.0. The Labute approximate surface area is 86.9 Å². The number of aromatic nitrogens is 5. The van der Waals surface area contributed by atoms with Crippen molar-refractivity contribution in [3.8, 4) is 0 Å². The SMILES string of the molecule is CC(N)CN(C)c1ccc2nnnn2n1. The second-order valence-corrected chi connectivity index (χ2v) is 3.58. The second kappa shape index (κ2) is 3.77. The lowest BCUT2D eigenvalue weighted by Gasteiger charge is -2.19. The van der Waals surface area contributed by atoms with E-state index in [9.17, 15) is 0 Å². The summed E-state index contributed by atoms with van der Waals surface area (Å²) >= 11 is 0. The fraction of sp³-hybridized carbons (Fsp3) is 0.500. The average molecular weight is 207 g/mol. The van der Waals surface area contributed by atoms with E-state index in [1.807, 2.05) is 31.0 Å². The van der Waals surface area contributed by atoms with Gasteiger partial charge in [0, 0.05) is 19.6 Å². The Hall–Kier alpha value is -1.76. The maximum atomic E-state index is 5.71. The summed E-state index contributed by atoms with van der Waals surface area (Å²) in [7, 11) is 1.93. The number of nitrogens with zero attached hydrogens (tertiary/aromatic N) is 6. The molecule has 0 radical (unpaired) electrons. The number of tetrazole rings is 1. The van der Waals surface area contributed by atoms with Crippen LogP contribution >= 0.6 is 0 Å². The molecule has 0 saturated heterocycles. The molecule has 1 unspecified atom stereocenters. The summed E-state index contributed by atoms with van der Waals surface area (Å²) < 4.78 is 1.40. The van der Waals surface area contributed by atoms with Crippen LogP contribution in [0.15, 0.2) is 12.1 Å².